The Morgan fingerprint density at radius 3 is 1.47 bits per heavy atom. The van der Waals surface area contributed by atoms with E-state index in [2.05, 4.69) is 58.8 Å². The van der Waals surface area contributed by atoms with E-state index in [0.717, 1.165) is 0 Å². The van der Waals surface area contributed by atoms with Gasteiger partial charge in [0, 0.05) is 0 Å². The van der Waals surface area contributed by atoms with Crippen molar-refractivity contribution in [3.05, 3.63) is 12.7 Å². The van der Waals surface area contributed by atoms with E-state index in [-0.39, 0.29) is 29.1 Å². The van der Waals surface area contributed by atoms with Crippen LogP contribution in [0.25, 0.3) is 0 Å². The van der Waals surface area contributed by atoms with E-state index in [0.29, 0.717) is 0 Å². The number of rotatable bonds is 5. The summed E-state index contributed by atoms with van der Waals surface area (Å²) in [5.41, 5.74) is -0.151. The number of nitrogens with one attached hydrogen (secondary N) is 2. The second kappa shape index (κ2) is 6.53. The maximum atomic E-state index is 12.3. The zero-order chi connectivity index (χ0) is 15.4. The van der Waals surface area contributed by atoms with Gasteiger partial charge in [-0.1, -0.05) is 48.1 Å². The Morgan fingerprint density at radius 2 is 1.32 bits per heavy atom. The predicted molar refractivity (Wildman–Crippen MR) is 81.6 cm³/mol. The van der Waals surface area contributed by atoms with Crippen LogP contribution in [0.3, 0.4) is 0 Å². The van der Waals surface area contributed by atoms with E-state index in [1.165, 1.54) is 6.08 Å². The van der Waals surface area contributed by atoms with Crippen LogP contribution in [0.2, 0.25) is 0 Å². The SMILES string of the molecule is C=CC(=O)N(C(NC)C(C)(C)C)C(NC)C(C)(C)C. The first kappa shape index (κ1) is 18.1. The van der Waals surface area contributed by atoms with Gasteiger partial charge in [0.25, 0.3) is 0 Å². The summed E-state index contributed by atoms with van der Waals surface area (Å²) in [7, 11) is 3.77. The summed E-state index contributed by atoms with van der Waals surface area (Å²) in [6.07, 6.45) is 1.23. The molecular weight excluding hydrogens is 238 g/mol. The number of hydrogen-bond acceptors (Lipinski definition) is 3. The molecule has 0 aliphatic rings. The number of carbonyl (C=O) groups is 1. The van der Waals surface area contributed by atoms with E-state index < -0.39 is 0 Å². The maximum absolute atomic E-state index is 12.3. The van der Waals surface area contributed by atoms with Crippen molar-refractivity contribution < 1.29 is 4.79 Å². The van der Waals surface area contributed by atoms with Crippen molar-refractivity contribution in [2.45, 2.75) is 53.9 Å². The largest absolute Gasteiger partial charge is 0.307 e. The van der Waals surface area contributed by atoms with Gasteiger partial charge in [-0.3, -0.25) is 15.4 Å². The van der Waals surface area contributed by atoms with Gasteiger partial charge in [0.05, 0.1) is 12.3 Å². The summed E-state index contributed by atoms with van der Waals surface area (Å²) >= 11 is 0. The lowest BCUT2D eigenvalue weighted by molar-refractivity contribution is -0.139. The molecule has 0 aromatic heterocycles. The van der Waals surface area contributed by atoms with Gasteiger partial charge >= 0.3 is 0 Å². The van der Waals surface area contributed by atoms with Crippen molar-refractivity contribution in [1.82, 2.24) is 15.5 Å². The normalized spacial score (nSPS) is 15.8. The molecule has 1 amide bonds. The molecule has 0 spiro atoms. The van der Waals surface area contributed by atoms with Crippen molar-refractivity contribution in [3.8, 4) is 0 Å². The van der Waals surface area contributed by atoms with Crippen molar-refractivity contribution in [1.29, 1.82) is 0 Å². The summed E-state index contributed by atoms with van der Waals surface area (Å²) in [6.45, 7) is 16.3. The summed E-state index contributed by atoms with van der Waals surface area (Å²) < 4.78 is 0. The Morgan fingerprint density at radius 1 is 1.00 bits per heavy atom. The van der Waals surface area contributed by atoms with Gasteiger partial charge in [0.1, 0.15) is 0 Å². The zero-order valence-electron chi connectivity index (χ0n) is 13.8. The molecule has 0 saturated heterocycles. The Bertz CT molecular complexity index is 290. The predicted octanol–water partition coefficient (Wildman–Crippen LogP) is 2.18. The van der Waals surface area contributed by atoms with Crippen LogP contribution < -0.4 is 10.6 Å². The highest BCUT2D eigenvalue weighted by atomic mass is 16.2. The minimum Gasteiger partial charge on any atom is -0.307 e. The quantitative estimate of drug-likeness (QED) is 0.594. The molecule has 4 nitrogen and oxygen atoms in total. The van der Waals surface area contributed by atoms with Crippen molar-refractivity contribution >= 4 is 5.91 Å². The standard InChI is InChI=1S/C15H31N3O/c1-10-11(19)18(12(16-8)14(2,3)4)13(17-9)15(5,6)7/h10,12-13,16-17H,1H2,2-9H3. The zero-order valence-corrected chi connectivity index (χ0v) is 13.8. The molecule has 0 radical (unpaired) electrons. The number of carbonyl (C=O) groups excluding carboxylic acids is 1. The minimum absolute atomic E-state index is 0.0662. The average molecular weight is 269 g/mol. The van der Waals surface area contributed by atoms with Gasteiger partial charge in [-0.25, -0.2) is 0 Å². The monoisotopic (exact) mass is 269 g/mol. The van der Waals surface area contributed by atoms with Gasteiger partial charge in [0.15, 0.2) is 0 Å². The third-order valence-electron chi connectivity index (χ3n) is 3.17. The Hall–Kier alpha value is -0.870. The molecule has 0 aromatic carbocycles. The molecular formula is C15H31N3O. The summed E-state index contributed by atoms with van der Waals surface area (Å²) in [5, 5.41) is 6.52. The molecule has 2 N–H and O–H groups in total. The number of nitrogens with zero attached hydrogens (tertiary/aromatic N) is 1. The molecule has 2 unspecified atom stereocenters. The van der Waals surface area contributed by atoms with E-state index in [1.807, 2.05) is 19.0 Å². The second-order valence-electron chi connectivity index (χ2n) is 7.06. The van der Waals surface area contributed by atoms with Crippen LogP contribution in [-0.2, 0) is 4.79 Å². The third-order valence-corrected chi connectivity index (χ3v) is 3.17. The lowest BCUT2D eigenvalue weighted by atomic mass is 9.86. The molecule has 0 saturated carbocycles. The molecule has 0 heterocycles. The van der Waals surface area contributed by atoms with Crippen LogP contribution in [0.1, 0.15) is 41.5 Å². The highest BCUT2D eigenvalue weighted by Gasteiger charge is 2.39. The Kier molecular flexibility index (Phi) is 6.23. The van der Waals surface area contributed by atoms with E-state index >= 15 is 0 Å². The van der Waals surface area contributed by atoms with Crippen LogP contribution in [0.4, 0.5) is 0 Å². The lowest BCUT2D eigenvalue weighted by Crippen LogP contribution is -2.64. The Balaban J connectivity index is 5.67. The third kappa shape index (κ3) is 4.62. The van der Waals surface area contributed by atoms with E-state index in [9.17, 15) is 4.79 Å². The smallest absolute Gasteiger partial charge is 0.248 e. The topological polar surface area (TPSA) is 44.4 Å². The molecule has 4 heteroatoms. The van der Waals surface area contributed by atoms with E-state index in [4.69, 9.17) is 0 Å². The first-order chi connectivity index (χ1) is 8.50. The summed E-state index contributed by atoms with van der Waals surface area (Å²) in [5.74, 6) is -0.0662. The Labute approximate surface area is 118 Å². The summed E-state index contributed by atoms with van der Waals surface area (Å²) in [6, 6.07) is 0. The maximum Gasteiger partial charge on any atom is 0.248 e. The second-order valence-corrected chi connectivity index (χ2v) is 7.06. The number of hydrogen-bond donors (Lipinski definition) is 2. The molecule has 0 aliphatic heterocycles. The van der Waals surface area contributed by atoms with Crippen LogP contribution >= 0.6 is 0 Å². The molecule has 19 heavy (non-hydrogen) atoms. The molecule has 112 valence electrons. The fourth-order valence-corrected chi connectivity index (χ4v) is 2.49. The highest BCUT2D eigenvalue weighted by Crippen LogP contribution is 2.30. The van der Waals surface area contributed by atoms with Crippen LogP contribution in [0.15, 0.2) is 12.7 Å². The number of amides is 1. The molecule has 0 fully saturated rings. The highest BCUT2D eigenvalue weighted by molar-refractivity contribution is 5.87. The van der Waals surface area contributed by atoms with Crippen LogP contribution in [0.5, 0.6) is 0 Å². The van der Waals surface area contributed by atoms with Crippen LogP contribution in [0, 0.1) is 10.8 Å². The van der Waals surface area contributed by atoms with Gasteiger partial charge in [-0.2, -0.15) is 0 Å². The average Bonchev–Trinajstić information content (AvgIpc) is 2.24. The van der Waals surface area contributed by atoms with Gasteiger partial charge in [-0.15, -0.1) is 0 Å². The fraction of sp³-hybridized carbons (Fsp3) is 0.800. The van der Waals surface area contributed by atoms with Gasteiger partial charge in [0.2, 0.25) is 5.91 Å². The molecule has 0 aliphatic carbocycles. The molecule has 0 bridgehead atoms. The van der Waals surface area contributed by atoms with Crippen molar-refractivity contribution in [2.75, 3.05) is 14.1 Å². The summed E-state index contributed by atoms with van der Waals surface area (Å²) in [4.78, 5) is 14.2. The lowest BCUT2D eigenvalue weighted by Gasteiger charge is -2.47. The fourth-order valence-electron chi connectivity index (χ4n) is 2.49. The molecule has 0 rings (SSSR count). The molecule has 2 atom stereocenters. The van der Waals surface area contributed by atoms with E-state index in [1.54, 1.807) is 0 Å². The minimum atomic E-state index is -0.0756. The van der Waals surface area contributed by atoms with Crippen molar-refractivity contribution in [3.63, 3.8) is 0 Å². The van der Waals surface area contributed by atoms with Gasteiger partial charge in [-0.05, 0) is 31.0 Å². The first-order valence-corrected chi connectivity index (χ1v) is 6.80. The van der Waals surface area contributed by atoms with Crippen LogP contribution in [-0.4, -0.2) is 37.2 Å². The first-order valence-electron chi connectivity index (χ1n) is 6.80. The van der Waals surface area contributed by atoms with Gasteiger partial charge < -0.3 is 4.90 Å². The van der Waals surface area contributed by atoms with Crippen molar-refractivity contribution in [2.24, 2.45) is 10.8 Å². The molecule has 0 aromatic rings.